The molecule has 1 aromatic carbocycles. The fourth-order valence-electron chi connectivity index (χ4n) is 3.44. The molecule has 2 rings (SSSR count). The summed E-state index contributed by atoms with van der Waals surface area (Å²) < 4.78 is 37.9. The molecule has 0 aromatic heterocycles. The summed E-state index contributed by atoms with van der Waals surface area (Å²) in [4.78, 5) is 26.6. The first-order valence-electron chi connectivity index (χ1n) is 13.7. The normalized spacial score (nSPS) is 14.5. The van der Waals surface area contributed by atoms with Gasteiger partial charge in [0.2, 0.25) is 0 Å². The number of hydrogen-bond acceptors (Lipinski definition) is 12. The number of benzene rings is 1. The van der Waals surface area contributed by atoms with Crippen molar-refractivity contribution in [3.8, 4) is 0 Å². The van der Waals surface area contributed by atoms with Crippen LogP contribution in [0, 0.1) is 5.82 Å². The lowest BCUT2D eigenvalue weighted by atomic mass is 9.96. The number of methoxy groups -OCH3 is 2. The molecule has 0 bridgehead atoms. The lowest BCUT2D eigenvalue weighted by molar-refractivity contribution is -0.142. The zero-order valence-corrected chi connectivity index (χ0v) is 27.4. The second-order valence-electron chi connectivity index (χ2n) is 9.11. The number of amidine groups is 1. The third-order valence-electron chi connectivity index (χ3n) is 5.26. The maximum atomic E-state index is 13.6. The number of aliphatic imine (C=N–C) groups is 1. The van der Waals surface area contributed by atoms with Crippen LogP contribution in [0.5, 0.6) is 0 Å². The molecule has 1 aliphatic rings. The van der Waals surface area contributed by atoms with E-state index in [4.69, 9.17) is 47.2 Å². The van der Waals surface area contributed by atoms with Crippen LogP contribution < -0.4 is 16.9 Å². The topological polar surface area (TPSA) is 180 Å². The van der Waals surface area contributed by atoms with Crippen molar-refractivity contribution in [1.82, 2.24) is 10.3 Å². The number of hydrogen-bond donors (Lipinski definition) is 4. The summed E-state index contributed by atoms with van der Waals surface area (Å²) in [5, 5.41) is 12.7. The van der Waals surface area contributed by atoms with Gasteiger partial charge in [0, 0.05) is 56.3 Å². The molecular formula is C31H45ClFN5O8. The number of aldehydes is 1. The number of aliphatic carboxylic acids is 1. The van der Waals surface area contributed by atoms with Crippen molar-refractivity contribution < 1.29 is 42.8 Å². The molecule has 0 spiro atoms. The zero-order chi connectivity index (χ0) is 34.9. The van der Waals surface area contributed by atoms with Crippen molar-refractivity contribution in [1.29, 1.82) is 0 Å². The summed E-state index contributed by atoms with van der Waals surface area (Å²) in [7, 11) is 6.47. The molecule has 6 N–H and O–H groups in total. The zero-order valence-electron chi connectivity index (χ0n) is 26.7. The molecule has 1 aliphatic heterocycles. The van der Waals surface area contributed by atoms with Crippen LogP contribution in [0.2, 0.25) is 5.02 Å². The molecule has 1 aromatic rings. The lowest BCUT2D eigenvalue weighted by Crippen LogP contribution is -2.34. The highest BCUT2D eigenvalue weighted by molar-refractivity contribution is 6.31. The Hall–Kier alpha value is -3.89. The van der Waals surface area contributed by atoms with E-state index < -0.39 is 17.8 Å². The van der Waals surface area contributed by atoms with Crippen LogP contribution in [-0.4, -0.2) is 103 Å². The number of hydrazine groups is 1. The van der Waals surface area contributed by atoms with E-state index in [0.717, 1.165) is 0 Å². The first-order valence-corrected chi connectivity index (χ1v) is 14.1. The SMILES string of the molecule is C=C/C=C(\C=C)C1=NC(c2ccc(F)cc2Cl)C(C=O)=C(COC/C(N)=C/N(C)N)N1.COC.COCCOCCOCC(=O)O. The standard InChI is InChI=1S/C22H25ClFN5O2.C7H14O5.C2H6O/c1-4-6-14(5-2)22-27-20(13-31-12-16(25)10-29(3)26)18(11-30)21(28-22)17-8-7-15(24)9-19(17)23;1-10-2-3-11-4-5-12-6-7(8)9;1-3-2/h4-11,21H,1-2,12-13,25-26H2,3H3,(H,27,28);2-6H2,1H3,(H,8,9);1-2H3/b14-6+,16-10-;;. The van der Waals surface area contributed by atoms with E-state index >= 15 is 0 Å². The second-order valence-corrected chi connectivity index (χ2v) is 9.51. The second kappa shape index (κ2) is 25.3. The van der Waals surface area contributed by atoms with Crippen LogP contribution in [0.1, 0.15) is 11.6 Å². The molecule has 46 heavy (non-hydrogen) atoms. The van der Waals surface area contributed by atoms with Gasteiger partial charge in [-0.15, -0.1) is 0 Å². The fourth-order valence-corrected chi connectivity index (χ4v) is 3.71. The highest BCUT2D eigenvalue weighted by atomic mass is 35.5. The molecule has 256 valence electrons. The van der Waals surface area contributed by atoms with Gasteiger partial charge < -0.3 is 44.9 Å². The minimum absolute atomic E-state index is 0.0315. The Morgan fingerprint density at radius 3 is 2.35 bits per heavy atom. The van der Waals surface area contributed by atoms with Crippen molar-refractivity contribution in [2.75, 3.05) is 74.6 Å². The third-order valence-corrected chi connectivity index (χ3v) is 5.59. The summed E-state index contributed by atoms with van der Waals surface area (Å²) in [6, 6.07) is 3.17. The number of carboxylic acids is 1. The lowest BCUT2D eigenvalue weighted by Gasteiger charge is -2.27. The molecule has 0 fully saturated rings. The number of carbonyl (C=O) groups excluding carboxylic acids is 1. The molecule has 1 atom stereocenters. The van der Waals surface area contributed by atoms with Crippen LogP contribution in [0.3, 0.4) is 0 Å². The van der Waals surface area contributed by atoms with Gasteiger partial charge in [-0.25, -0.2) is 15.0 Å². The summed E-state index contributed by atoms with van der Waals surface area (Å²) in [6.45, 7) is 9.08. The Morgan fingerprint density at radius 1 is 1.15 bits per heavy atom. The predicted octanol–water partition coefficient (Wildman–Crippen LogP) is 2.91. The van der Waals surface area contributed by atoms with Crippen LogP contribution in [0.15, 0.2) is 83.3 Å². The van der Waals surface area contributed by atoms with Crippen molar-refractivity contribution in [3.05, 3.63) is 94.7 Å². The van der Waals surface area contributed by atoms with Gasteiger partial charge in [0.1, 0.15) is 30.6 Å². The Kier molecular flexibility index (Phi) is 23.2. The maximum absolute atomic E-state index is 13.6. The van der Waals surface area contributed by atoms with E-state index in [-0.39, 0.29) is 24.8 Å². The monoisotopic (exact) mass is 669 g/mol. The number of nitrogens with zero attached hydrogens (tertiary/aromatic N) is 2. The first-order chi connectivity index (χ1) is 22.0. The molecule has 0 amide bonds. The van der Waals surface area contributed by atoms with Gasteiger partial charge >= 0.3 is 5.97 Å². The van der Waals surface area contributed by atoms with Crippen molar-refractivity contribution in [3.63, 3.8) is 0 Å². The molecule has 1 heterocycles. The van der Waals surface area contributed by atoms with Gasteiger partial charge in [-0.2, -0.15) is 0 Å². The number of ether oxygens (including phenoxy) is 5. The minimum Gasteiger partial charge on any atom is -0.480 e. The summed E-state index contributed by atoms with van der Waals surface area (Å²) >= 11 is 6.26. The van der Waals surface area contributed by atoms with Crippen LogP contribution in [0.4, 0.5) is 4.39 Å². The number of nitrogens with one attached hydrogen (secondary N) is 1. The summed E-state index contributed by atoms with van der Waals surface area (Å²) in [6.07, 6.45) is 7.09. The van der Waals surface area contributed by atoms with E-state index in [1.54, 1.807) is 46.6 Å². The Bertz CT molecular complexity index is 1240. The van der Waals surface area contributed by atoms with E-state index in [1.807, 2.05) is 0 Å². The van der Waals surface area contributed by atoms with Gasteiger partial charge in [-0.3, -0.25) is 9.79 Å². The molecule has 0 saturated carbocycles. The molecule has 0 radical (unpaired) electrons. The van der Waals surface area contributed by atoms with Crippen LogP contribution in [0.25, 0.3) is 0 Å². The number of carbonyl (C=O) groups is 2. The highest BCUT2D eigenvalue weighted by Crippen LogP contribution is 2.35. The van der Waals surface area contributed by atoms with E-state index in [0.29, 0.717) is 66.7 Å². The molecule has 13 nitrogen and oxygen atoms in total. The fraction of sp³-hybridized carbons (Fsp3) is 0.387. The van der Waals surface area contributed by atoms with Crippen molar-refractivity contribution in [2.24, 2.45) is 16.6 Å². The first kappa shape index (κ1) is 42.1. The van der Waals surface area contributed by atoms with Gasteiger partial charge in [0.25, 0.3) is 0 Å². The van der Waals surface area contributed by atoms with Crippen molar-refractivity contribution in [2.45, 2.75) is 6.04 Å². The smallest absolute Gasteiger partial charge is 0.329 e. The molecule has 0 aliphatic carbocycles. The van der Waals surface area contributed by atoms with Gasteiger partial charge in [-0.05, 0) is 12.1 Å². The van der Waals surface area contributed by atoms with E-state index in [1.165, 1.54) is 29.4 Å². The van der Waals surface area contributed by atoms with Crippen molar-refractivity contribution >= 4 is 29.7 Å². The Labute approximate surface area is 274 Å². The quantitative estimate of drug-likeness (QED) is 0.0591. The highest BCUT2D eigenvalue weighted by Gasteiger charge is 2.28. The molecular weight excluding hydrogens is 625 g/mol. The maximum Gasteiger partial charge on any atom is 0.329 e. The van der Waals surface area contributed by atoms with Gasteiger partial charge in [0.15, 0.2) is 0 Å². The van der Waals surface area contributed by atoms with Crippen LogP contribution in [-0.2, 0) is 33.3 Å². The summed E-state index contributed by atoms with van der Waals surface area (Å²) in [5.74, 6) is 4.51. The molecule has 15 heteroatoms. The largest absolute Gasteiger partial charge is 0.480 e. The van der Waals surface area contributed by atoms with E-state index in [9.17, 15) is 14.0 Å². The third kappa shape index (κ3) is 17.6. The Morgan fingerprint density at radius 2 is 1.80 bits per heavy atom. The summed E-state index contributed by atoms with van der Waals surface area (Å²) in [5.41, 5.74) is 8.14. The number of halogens is 2. The average Bonchev–Trinajstić information content (AvgIpc) is 2.99. The van der Waals surface area contributed by atoms with E-state index in [2.05, 4.69) is 28.2 Å². The molecule has 0 saturated heterocycles. The average molecular weight is 670 g/mol. The minimum atomic E-state index is -0.966. The number of allylic oxidation sites excluding steroid dienone is 2. The molecule has 1 unspecified atom stereocenters. The number of rotatable bonds is 18. The van der Waals surface area contributed by atoms with Gasteiger partial charge in [-0.1, -0.05) is 49.1 Å². The number of nitrogens with two attached hydrogens (primary N) is 2. The number of carboxylic acid groups (broad SMARTS) is 1. The predicted molar refractivity (Wildman–Crippen MR) is 175 cm³/mol. The Balaban J connectivity index is 0.00000113. The van der Waals surface area contributed by atoms with Crippen LogP contribution >= 0.6 is 11.6 Å². The van der Waals surface area contributed by atoms with Gasteiger partial charge in [0.05, 0.1) is 51.0 Å².